The maximum Gasteiger partial charge on any atom is 1.00 e. The first-order valence-corrected chi connectivity index (χ1v) is 1.11. The van der Waals surface area contributed by atoms with E-state index < -0.39 is 11.9 Å². The molecule has 0 aromatic heterocycles. The Morgan fingerprint density at radius 2 is 1.25 bits per heavy atom. The van der Waals surface area contributed by atoms with E-state index in [1.165, 1.54) is 0 Å². The number of carboxylic acids is 2. The first kappa shape index (κ1) is 16.0. The Balaban J connectivity index is -0.0000000417. The molecule has 1 radical (unpaired) electrons. The number of hydrogen-bond donors (Lipinski definition) is 2. The quantitative estimate of drug-likeness (QED) is 0.307. The zero-order valence-corrected chi connectivity index (χ0v) is 8.08. The molecule has 0 aliphatic carbocycles. The van der Waals surface area contributed by atoms with Gasteiger partial charge in [-0.1, -0.05) is 0 Å². The van der Waals surface area contributed by atoms with Crippen LogP contribution in [0.15, 0.2) is 0 Å². The maximum atomic E-state index is 9.10. The van der Waals surface area contributed by atoms with Crippen LogP contribution in [-0.2, 0) is 26.7 Å². The summed E-state index contributed by atoms with van der Waals surface area (Å²) in [5.74, 6) is -3.65. The van der Waals surface area contributed by atoms with Crippen molar-refractivity contribution in [2.24, 2.45) is 0 Å². The van der Waals surface area contributed by atoms with Gasteiger partial charge in [-0.25, -0.2) is 9.59 Å². The Bertz CT molecular complexity index is 84.6. The van der Waals surface area contributed by atoms with E-state index in [0.717, 1.165) is 0 Å². The van der Waals surface area contributed by atoms with E-state index in [2.05, 4.69) is 0 Å². The van der Waals surface area contributed by atoms with Gasteiger partial charge in [0, 0.05) is 17.1 Å². The van der Waals surface area contributed by atoms with Crippen molar-refractivity contribution in [3.63, 3.8) is 0 Å². The summed E-state index contributed by atoms with van der Waals surface area (Å²) in [6.45, 7) is 0. The van der Waals surface area contributed by atoms with Crippen LogP contribution in [0.3, 0.4) is 0 Å². The number of carboxylic acid groups (broad SMARTS) is 2. The van der Waals surface area contributed by atoms with Crippen molar-refractivity contribution in [2.45, 2.75) is 0 Å². The molecule has 0 bridgehead atoms. The standard InChI is InChI=1S/C2H2O4.Cu.K.H/c3-1(4)2(5)6;;;/h(H,3,4)(H,5,6);;;/q;;+1;-1. The smallest absolute Gasteiger partial charge is 1.00 e. The minimum Gasteiger partial charge on any atom is -1.00 e. The summed E-state index contributed by atoms with van der Waals surface area (Å²) in [6, 6.07) is 0. The molecule has 0 rings (SSSR count). The van der Waals surface area contributed by atoms with Crippen LogP contribution in [0.4, 0.5) is 0 Å². The Hall–Kier alpha value is 1.10. The molecule has 0 unspecified atom stereocenters. The van der Waals surface area contributed by atoms with Gasteiger partial charge in [0.25, 0.3) is 0 Å². The van der Waals surface area contributed by atoms with Gasteiger partial charge >= 0.3 is 63.3 Å². The predicted molar refractivity (Wildman–Crippen MR) is 16.4 cm³/mol. The topological polar surface area (TPSA) is 74.6 Å². The third-order valence-corrected chi connectivity index (χ3v) is 0.183. The Kier molecular flexibility index (Phi) is 16.2. The normalized spacial score (nSPS) is 5.50. The summed E-state index contributed by atoms with van der Waals surface area (Å²) in [5.41, 5.74) is 0. The zero-order chi connectivity index (χ0) is 5.15. The molecule has 0 fully saturated rings. The van der Waals surface area contributed by atoms with Crippen LogP contribution in [-0.4, -0.2) is 22.2 Å². The fourth-order valence-corrected chi connectivity index (χ4v) is 0. The molecular formula is C2H3CuKO4. The van der Waals surface area contributed by atoms with Crippen LogP contribution in [0.2, 0.25) is 0 Å². The zero-order valence-electron chi connectivity index (χ0n) is 5.01. The summed E-state index contributed by atoms with van der Waals surface area (Å²) in [5, 5.41) is 14.8. The van der Waals surface area contributed by atoms with Crippen LogP contribution in [0.1, 0.15) is 1.43 Å². The molecule has 0 spiro atoms. The van der Waals surface area contributed by atoms with Crippen molar-refractivity contribution in [1.82, 2.24) is 0 Å². The average molecular weight is 194 g/mol. The van der Waals surface area contributed by atoms with E-state index in [0.29, 0.717) is 0 Å². The summed E-state index contributed by atoms with van der Waals surface area (Å²) in [7, 11) is 0. The molecule has 0 saturated heterocycles. The van der Waals surface area contributed by atoms with E-state index in [-0.39, 0.29) is 69.9 Å². The second-order valence-electron chi connectivity index (χ2n) is 0.610. The Morgan fingerprint density at radius 1 is 1.12 bits per heavy atom. The molecule has 0 aliphatic rings. The van der Waals surface area contributed by atoms with Crippen molar-refractivity contribution in [2.75, 3.05) is 0 Å². The van der Waals surface area contributed by atoms with Crippen molar-refractivity contribution >= 4 is 11.9 Å². The van der Waals surface area contributed by atoms with Gasteiger partial charge in [0.1, 0.15) is 0 Å². The molecule has 8 heavy (non-hydrogen) atoms. The van der Waals surface area contributed by atoms with E-state index >= 15 is 0 Å². The van der Waals surface area contributed by atoms with Crippen LogP contribution in [0.5, 0.6) is 0 Å². The van der Waals surface area contributed by atoms with Crippen molar-refractivity contribution in [1.29, 1.82) is 0 Å². The van der Waals surface area contributed by atoms with Crippen LogP contribution >= 0.6 is 0 Å². The molecule has 4 nitrogen and oxygen atoms in total. The average Bonchev–Trinajstić information content (AvgIpc) is 1.36. The molecular weight excluding hydrogens is 191 g/mol. The minimum absolute atomic E-state index is 0. The maximum absolute atomic E-state index is 9.10. The molecule has 0 saturated carbocycles. The van der Waals surface area contributed by atoms with Gasteiger partial charge in [-0.2, -0.15) is 0 Å². The van der Waals surface area contributed by atoms with Gasteiger partial charge in [0.2, 0.25) is 0 Å². The van der Waals surface area contributed by atoms with Gasteiger partial charge in [0.15, 0.2) is 0 Å². The number of rotatable bonds is 0. The third kappa shape index (κ3) is 10.2. The van der Waals surface area contributed by atoms with Crippen LogP contribution < -0.4 is 51.4 Å². The van der Waals surface area contributed by atoms with Gasteiger partial charge < -0.3 is 11.6 Å². The second-order valence-corrected chi connectivity index (χ2v) is 0.610. The molecule has 6 heteroatoms. The van der Waals surface area contributed by atoms with Gasteiger partial charge in [-0.15, -0.1) is 0 Å². The Labute approximate surface area is 100 Å². The Morgan fingerprint density at radius 3 is 1.25 bits per heavy atom. The number of hydrogen-bond acceptors (Lipinski definition) is 2. The number of carbonyl (C=O) groups is 2. The summed E-state index contributed by atoms with van der Waals surface area (Å²) in [4.78, 5) is 18.2. The molecule has 0 heterocycles. The van der Waals surface area contributed by atoms with E-state index in [9.17, 15) is 0 Å². The molecule has 0 atom stereocenters. The summed E-state index contributed by atoms with van der Waals surface area (Å²) < 4.78 is 0. The first-order chi connectivity index (χ1) is 2.64. The SMILES string of the molecule is O=C(O)C(=O)O.[Cu].[H-].[K+]. The van der Waals surface area contributed by atoms with Crippen molar-refractivity contribution < 1.29 is 89.7 Å². The fraction of sp³-hybridized carbons (Fsp3) is 0. The fourth-order valence-electron chi connectivity index (χ4n) is 0. The van der Waals surface area contributed by atoms with Crippen LogP contribution in [0, 0.1) is 0 Å². The largest absolute Gasteiger partial charge is 1.00 e. The van der Waals surface area contributed by atoms with E-state index in [4.69, 9.17) is 19.8 Å². The minimum atomic E-state index is -1.82. The molecule has 0 aromatic carbocycles. The third-order valence-electron chi connectivity index (χ3n) is 0.183. The molecule has 0 aromatic rings. The van der Waals surface area contributed by atoms with Gasteiger partial charge in [-0.3, -0.25) is 0 Å². The number of aliphatic carboxylic acids is 2. The molecule has 0 amide bonds. The van der Waals surface area contributed by atoms with Crippen molar-refractivity contribution in [3.05, 3.63) is 0 Å². The summed E-state index contributed by atoms with van der Waals surface area (Å²) >= 11 is 0. The first-order valence-electron chi connectivity index (χ1n) is 1.11. The van der Waals surface area contributed by atoms with Crippen LogP contribution in [0.25, 0.3) is 0 Å². The molecule has 0 aliphatic heterocycles. The molecule has 2 N–H and O–H groups in total. The van der Waals surface area contributed by atoms with E-state index in [1.807, 2.05) is 0 Å². The molecule has 47 valence electrons. The monoisotopic (exact) mass is 193 g/mol. The summed E-state index contributed by atoms with van der Waals surface area (Å²) in [6.07, 6.45) is 0. The van der Waals surface area contributed by atoms with Gasteiger partial charge in [0.05, 0.1) is 0 Å². The van der Waals surface area contributed by atoms with Crippen molar-refractivity contribution in [3.8, 4) is 0 Å². The second kappa shape index (κ2) is 8.10. The van der Waals surface area contributed by atoms with E-state index in [1.54, 1.807) is 0 Å². The van der Waals surface area contributed by atoms with Gasteiger partial charge in [-0.05, 0) is 0 Å². The predicted octanol–water partition coefficient (Wildman–Crippen LogP) is -3.73.